The van der Waals surface area contributed by atoms with Gasteiger partial charge in [-0.15, -0.1) is 0 Å². The fourth-order valence-corrected chi connectivity index (χ4v) is 1.87. The van der Waals surface area contributed by atoms with Crippen molar-refractivity contribution in [3.8, 4) is 5.75 Å². The van der Waals surface area contributed by atoms with Crippen LogP contribution in [0, 0.1) is 5.82 Å². The van der Waals surface area contributed by atoms with Crippen LogP contribution in [0.4, 0.5) is 4.39 Å². The molecule has 2 rings (SSSR count). The molecule has 0 unspecified atom stereocenters. The number of unbranched alkanes of at least 4 members (excludes halogenated alkanes) is 1. The van der Waals surface area contributed by atoms with Gasteiger partial charge in [0.25, 0.3) is 0 Å². The highest BCUT2D eigenvalue weighted by atomic mass is 19.1. The zero-order valence-electron chi connectivity index (χ0n) is 12.4. The molecule has 0 aromatic heterocycles. The van der Waals surface area contributed by atoms with Crippen molar-refractivity contribution in [3.63, 3.8) is 0 Å². The molecule has 0 radical (unpaired) electrons. The summed E-state index contributed by atoms with van der Waals surface area (Å²) in [6, 6.07) is 5.06. The Hall–Kier alpha value is -1.62. The zero-order valence-corrected chi connectivity index (χ0v) is 12.4. The van der Waals surface area contributed by atoms with Crippen LogP contribution in [0.5, 0.6) is 5.75 Å². The van der Waals surface area contributed by atoms with Crippen molar-refractivity contribution in [3.05, 3.63) is 29.6 Å². The standard InChI is InChI=1S/C16H22FNO3/c1-2-3-6-20-16(19)11-21-15-8-12(7-13(17)9-15)10-18-14-4-5-14/h7-9,14,18H,2-6,10-11H2,1H3. The van der Waals surface area contributed by atoms with E-state index < -0.39 is 5.97 Å². The Kier molecular flexibility index (Phi) is 5.99. The summed E-state index contributed by atoms with van der Waals surface area (Å²) >= 11 is 0. The van der Waals surface area contributed by atoms with E-state index in [1.165, 1.54) is 25.0 Å². The van der Waals surface area contributed by atoms with E-state index in [2.05, 4.69) is 5.32 Å². The second kappa shape index (κ2) is 7.98. The number of rotatable bonds is 9. The molecule has 1 aromatic rings. The van der Waals surface area contributed by atoms with Crippen LogP contribution in [-0.2, 0) is 16.1 Å². The molecular formula is C16H22FNO3. The molecule has 4 nitrogen and oxygen atoms in total. The lowest BCUT2D eigenvalue weighted by atomic mass is 10.2. The summed E-state index contributed by atoms with van der Waals surface area (Å²) in [5.74, 6) is -0.431. The number of carbonyl (C=O) groups excluding carboxylic acids is 1. The van der Waals surface area contributed by atoms with Crippen LogP contribution in [0.3, 0.4) is 0 Å². The second-order valence-electron chi connectivity index (χ2n) is 5.31. The first kappa shape index (κ1) is 15.8. The first-order valence-corrected chi connectivity index (χ1v) is 7.48. The molecule has 0 amide bonds. The predicted octanol–water partition coefficient (Wildman–Crippen LogP) is 2.80. The van der Waals surface area contributed by atoms with Crippen molar-refractivity contribution in [1.82, 2.24) is 5.32 Å². The number of esters is 1. The summed E-state index contributed by atoms with van der Waals surface area (Å²) in [5.41, 5.74) is 0.816. The molecular weight excluding hydrogens is 273 g/mol. The Balaban J connectivity index is 1.79. The van der Waals surface area contributed by atoms with Gasteiger partial charge in [-0.25, -0.2) is 9.18 Å². The van der Waals surface area contributed by atoms with Crippen LogP contribution >= 0.6 is 0 Å². The summed E-state index contributed by atoms with van der Waals surface area (Å²) in [6.45, 7) is 2.84. The average molecular weight is 295 g/mol. The van der Waals surface area contributed by atoms with E-state index in [1.54, 1.807) is 6.07 Å². The largest absolute Gasteiger partial charge is 0.482 e. The van der Waals surface area contributed by atoms with E-state index in [-0.39, 0.29) is 12.4 Å². The number of benzene rings is 1. The first-order chi connectivity index (χ1) is 10.2. The van der Waals surface area contributed by atoms with Crippen LogP contribution in [0.1, 0.15) is 38.2 Å². The van der Waals surface area contributed by atoms with Gasteiger partial charge in [0.15, 0.2) is 6.61 Å². The molecule has 0 bridgehead atoms. The molecule has 1 aliphatic carbocycles. The summed E-state index contributed by atoms with van der Waals surface area (Å²) in [5, 5.41) is 3.31. The van der Waals surface area contributed by atoms with Gasteiger partial charge in [-0.1, -0.05) is 13.3 Å². The number of carbonyl (C=O) groups is 1. The van der Waals surface area contributed by atoms with Crippen LogP contribution < -0.4 is 10.1 Å². The van der Waals surface area contributed by atoms with Gasteiger partial charge in [0, 0.05) is 18.7 Å². The molecule has 1 aliphatic rings. The minimum atomic E-state index is -0.426. The Bertz CT molecular complexity index is 475. The summed E-state index contributed by atoms with van der Waals surface area (Å²) in [4.78, 5) is 11.4. The molecule has 21 heavy (non-hydrogen) atoms. The predicted molar refractivity (Wildman–Crippen MR) is 77.6 cm³/mol. The van der Waals surface area contributed by atoms with Crippen molar-refractivity contribution in [2.75, 3.05) is 13.2 Å². The fourth-order valence-electron chi connectivity index (χ4n) is 1.87. The third kappa shape index (κ3) is 6.12. The fraction of sp³-hybridized carbons (Fsp3) is 0.562. The van der Waals surface area contributed by atoms with E-state index in [0.29, 0.717) is 24.9 Å². The lowest BCUT2D eigenvalue weighted by Crippen LogP contribution is -2.17. The molecule has 0 aliphatic heterocycles. The van der Waals surface area contributed by atoms with E-state index in [1.807, 2.05) is 6.92 Å². The molecule has 1 aromatic carbocycles. The van der Waals surface area contributed by atoms with Crippen molar-refractivity contribution in [2.45, 2.75) is 45.2 Å². The van der Waals surface area contributed by atoms with E-state index in [9.17, 15) is 9.18 Å². The van der Waals surface area contributed by atoms with Crippen molar-refractivity contribution < 1.29 is 18.7 Å². The van der Waals surface area contributed by atoms with E-state index in [0.717, 1.165) is 18.4 Å². The Morgan fingerprint density at radius 1 is 1.38 bits per heavy atom. The minimum absolute atomic E-state index is 0.192. The van der Waals surface area contributed by atoms with Gasteiger partial charge in [0.05, 0.1) is 6.61 Å². The molecule has 116 valence electrons. The number of nitrogens with one attached hydrogen (secondary N) is 1. The van der Waals surface area contributed by atoms with Gasteiger partial charge in [-0.2, -0.15) is 0 Å². The zero-order chi connectivity index (χ0) is 15.1. The monoisotopic (exact) mass is 295 g/mol. The Morgan fingerprint density at radius 3 is 2.90 bits per heavy atom. The van der Waals surface area contributed by atoms with E-state index in [4.69, 9.17) is 9.47 Å². The van der Waals surface area contributed by atoms with Gasteiger partial charge in [-0.05, 0) is 37.0 Å². The van der Waals surface area contributed by atoms with Gasteiger partial charge in [-0.3, -0.25) is 0 Å². The summed E-state index contributed by atoms with van der Waals surface area (Å²) in [7, 11) is 0. The summed E-state index contributed by atoms with van der Waals surface area (Å²) in [6.07, 6.45) is 4.17. The van der Waals surface area contributed by atoms with Crippen LogP contribution in [0.2, 0.25) is 0 Å². The molecule has 0 heterocycles. The van der Waals surface area contributed by atoms with Crippen molar-refractivity contribution >= 4 is 5.97 Å². The average Bonchev–Trinajstić information content (AvgIpc) is 3.27. The quantitative estimate of drug-likeness (QED) is 0.562. The highest BCUT2D eigenvalue weighted by Gasteiger charge is 2.20. The summed E-state index contributed by atoms with van der Waals surface area (Å²) < 4.78 is 23.8. The maximum Gasteiger partial charge on any atom is 0.344 e. The molecule has 1 saturated carbocycles. The lowest BCUT2D eigenvalue weighted by Gasteiger charge is -2.09. The van der Waals surface area contributed by atoms with Gasteiger partial charge in [0.2, 0.25) is 0 Å². The normalized spacial score (nSPS) is 14.0. The second-order valence-corrected chi connectivity index (χ2v) is 5.31. The van der Waals surface area contributed by atoms with Crippen LogP contribution in [0.25, 0.3) is 0 Å². The number of hydrogen-bond donors (Lipinski definition) is 1. The van der Waals surface area contributed by atoms with Gasteiger partial charge >= 0.3 is 5.97 Å². The van der Waals surface area contributed by atoms with Gasteiger partial charge < -0.3 is 14.8 Å². The number of hydrogen-bond acceptors (Lipinski definition) is 4. The highest BCUT2D eigenvalue weighted by molar-refractivity contribution is 5.71. The molecule has 0 spiro atoms. The van der Waals surface area contributed by atoms with Crippen molar-refractivity contribution in [1.29, 1.82) is 0 Å². The topological polar surface area (TPSA) is 47.6 Å². The first-order valence-electron chi connectivity index (χ1n) is 7.48. The van der Waals surface area contributed by atoms with Crippen molar-refractivity contribution in [2.24, 2.45) is 0 Å². The van der Waals surface area contributed by atoms with Gasteiger partial charge in [0.1, 0.15) is 11.6 Å². The van der Waals surface area contributed by atoms with Crippen LogP contribution in [0.15, 0.2) is 18.2 Å². The lowest BCUT2D eigenvalue weighted by molar-refractivity contribution is -0.146. The Morgan fingerprint density at radius 2 is 2.19 bits per heavy atom. The number of ether oxygens (including phenoxy) is 2. The molecule has 0 saturated heterocycles. The third-order valence-corrected chi connectivity index (χ3v) is 3.22. The maximum atomic E-state index is 13.5. The number of halogens is 1. The third-order valence-electron chi connectivity index (χ3n) is 3.22. The Labute approximate surface area is 124 Å². The van der Waals surface area contributed by atoms with Crippen LogP contribution in [-0.4, -0.2) is 25.2 Å². The molecule has 5 heteroatoms. The smallest absolute Gasteiger partial charge is 0.344 e. The van der Waals surface area contributed by atoms with E-state index >= 15 is 0 Å². The maximum absolute atomic E-state index is 13.5. The minimum Gasteiger partial charge on any atom is -0.482 e. The SMILES string of the molecule is CCCCOC(=O)COc1cc(F)cc(CNC2CC2)c1. The molecule has 0 atom stereocenters. The molecule has 1 fully saturated rings. The molecule has 1 N–H and O–H groups in total. The highest BCUT2D eigenvalue weighted by Crippen LogP contribution is 2.21.